The molecule has 136 valence electrons. The van der Waals surface area contributed by atoms with Crippen molar-refractivity contribution in [3.05, 3.63) is 72.3 Å². The smallest absolute Gasteiger partial charge is 0.374 e. The summed E-state index contributed by atoms with van der Waals surface area (Å²) >= 11 is 0. The zero-order valence-electron chi connectivity index (χ0n) is 15.4. The number of aromatic nitrogens is 4. The van der Waals surface area contributed by atoms with Crippen LogP contribution >= 0.6 is 0 Å². The second-order valence-electron chi connectivity index (χ2n) is 5.68. The molecule has 3 aromatic heterocycles. The molecule has 0 bridgehead atoms. The minimum atomic E-state index is -1.11. The van der Waals surface area contributed by atoms with E-state index in [9.17, 15) is 9.90 Å². The number of pyridine rings is 2. The molecule has 0 unspecified atom stereocenters. The summed E-state index contributed by atoms with van der Waals surface area (Å²) in [5.41, 5.74) is 5.12. The Morgan fingerprint density at radius 2 is 1.67 bits per heavy atom. The summed E-state index contributed by atoms with van der Waals surface area (Å²) in [6.07, 6.45) is 1.74. The van der Waals surface area contributed by atoms with Crippen molar-refractivity contribution in [2.24, 2.45) is 0 Å². The number of aromatic carboxylic acids is 1. The number of hydrogen-bond acceptors (Lipinski definition) is 4. The molecule has 0 radical (unpaired) electrons. The molecule has 0 aliphatic carbocycles. The zero-order chi connectivity index (χ0) is 19.4. The fourth-order valence-electron chi connectivity index (χ4n) is 2.85. The highest BCUT2D eigenvalue weighted by Crippen LogP contribution is 2.31. The summed E-state index contributed by atoms with van der Waals surface area (Å²) in [7, 11) is 0. The predicted octanol–water partition coefficient (Wildman–Crippen LogP) is 4.49. The number of carboxylic acid groups (broad SMARTS) is 1. The van der Waals surface area contributed by atoms with E-state index in [-0.39, 0.29) is 5.82 Å². The number of rotatable bonds is 3. The highest BCUT2D eigenvalue weighted by atomic mass is 16.4. The lowest BCUT2D eigenvalue weighted by atomic mass is 9.98. The lowest BCUT2D eigenvalue weighted by Gasteiger charge is -2.10. The van der Waals surface area contributed by atoms with Gasteiger partial charge in [0, 0.05) is 17.5 Å². The van der Waals surface area contributed by atoms with Crippen LogP contribution in [0.3, 0.4) is 0 Å². The Morgan fingerprint density at radius 1 is 0.926 bits per heavy atom. The van der Waals surface area contributed by atoms with Gasteiger partial charge in [-0.25, -0.2) is 4.79 Å². The molecule has 0 atom stereocenters. The van der Waals surface area contributed by atoms with E-state index in [1.165, 1.54) is 4.40 Å². The Balaban J connectivity index is 0.00000102. The molecular weight excluding hydrogens is 340 g/mol. The monoisotopic (exact) mass is 360 g/mol. The number of hydrogen-bond donors (Lipinski definition) is 1. The summed E-state index contributed by atoms with van der Waals surface area (Å²) in [6, 6.07) is 17.5. The van der Waals surface area contributed by atoms with Crippen molar-refractivity contribution in [1.29, 1.82) is 0 Å². The van der Waals surface area contributed by atoms with Crippen molar-refractivity contribution < 1.29 is 9.90 Å². The normalized spacial score (nSPS) is 10.3. The maximum atomic E-state index is 11.3. The summed E-state index contributed by atoms with van der Waals surface area (Å²) in [5.74, 6) is -1.22. The van der Waals surface area contributed by atoms with Crippen molar-refractivity contribution in [1.82, 2.24) is 19.6 Å². The van der Waals surface area contributed by atoms with Crippen molar-refractivity contribution in [2.45, 2.75) is 20.8 Å². The Morgan fingerprint density at radius 3 is 2.37 bits per heavy atom. The van der Waals surface area contributed by atoms with Crippen LogP contribution in [0.15, 0.2) is 60.8 Å². The minimum Gasteiger partial charge on any atom is -0.475 e. The van der Waals surface area contributed by atoms with Gasteiger partial charge < -0.3 is 5.11 Å². The number of carboxylic acids is 1. The van der Waals surface area contributed by atoms with Crippen LogP contribution < -0.4 is 0 Å². The van der Waals surface area contributed by atoms with Gasteiger partial charge in [-0.3, -0.25) is 9.38 Å². The first-order valence-corrected chi connectivity index (χ1v) is 8.75. The lowest BCUT2D eigenvalue weighted by Crippen LogP contribution is -2.03. The zero-order valence-corrected chi connectivity index (χ0v) is 15.4. The van der Waals surface area contributed by atoms with E-state index >= 15 is 0 Å². The van der Waals surface area contributed by atoms with E-state index in [0.717, 1.165) is 28.1 Å². The molecule has 4 rings (SSSR count). The first kappa shape index (κ1) is 18.3. The number of fused-ring (bicyclic) bond motifs is 1. The standard InChI is InChI=1S/C19H14N4O2.C2H6/c1-12-5-4-8-16(20-12)15-7-3-2-6-14(15)13-9-10-17-21-22-18(19(24)25)23(17)11-13;1-2/h2-11H,1H3,(H,24,25);1-2H3. The largest absolute Gasteiger partial charge is 0.475 e. The molecular formula is C21H20N4O2. The third-order valence-electron chi connectivity index (χ3n) is 4.00. The quantitative estimate of drug-likeness (QED) is 0.582. The maximum absolute atomic E-state index is 11.3. The van der Waals surface area contributed by atoms with Gasteiger partial charge in [-0.15, -0.1) is 10.2 Å². The van der Waals surface area contributed by atoms with Gasteiger partial charge in [0.25, 0.3) is 0 Å². The first-order chi connectivity index (χ1) is 13.1. The van der Waals surface area contributed by atoms with E-state index < -0.39 is 5.97 Å². The molecule has 0 saturated carbocycles. The fraction of sp³-hybridized carbons (Fsp3) is 0.143. The molecule has 0 aliphatic rings. The van der Waals surface area contributed by atoms with Crippen LogP contribution in [0.25, 0.3) is 28.0 Å². The molecule has 6 heteroatoms. The maximum Gasteiger partial charge on any atom is 0.374 e. The van der Waals surface area contributed by atoms with E-state index in [2.05, 4.69) is 15.2 Å². The lowest BCUT2D eigenvalue weighted by molar-refractivity contribution is 0.0682. The second-order valence-corrected chi connectivity index (χ2v) is 5.68. The second kappa shape index (κ2) is 7.78. The van der Waals surface area contributed by atoms with Gasteiger partial charge in [-0.05, 0) is 42.3 Å². The van der Waals surface area contributed by atoms with Crippen LogP contribution in [0, 0.1) is 6.92 Å². The number of benzene rings is 1. The number of nitrogens with zero attached hydrogens (tertiary/aromatic N) is 4. The van der Waals surface area contributed by atoms with Crippen molar-refractivity contribution >= 4 is 11.6 Å². The van der Waals surface area contributed by atoms with Crippen molar-refractivity contribution in [3.8, 4) is 22.4 Å². The van der Waals surface area contributed by atoms with Gasteiger partial charge in [0.05, 0.1) is 5.69 Å². The highest BCUT2D eigenvalue weighted by molar-refractivity contribution is 5.86. The minimum absolute atomic E-state index is 0.108. The molecule has 3 heterocycles. The molecule has 0 saturated heterocycles. The van der Waals surface area contributed by atoms with Crippen LogP contribution in [0.4, 0.5) is 0 Å². The Hall–Kier alpha value is -3.54. The predicted molar refractivity (Wildman–Crippen MR) is 105 cm³/mol. The molecule has 0 fully saturated rings. The molecule has 6 nitrogen and oxygen atoms in total. The molecule has 1 N–H and O–H groups in total. The van der Waals surface area contributed by atoms with Gasteiger partial charge in [0.2, 0.25) is 5.82 Å². The Kier molecular flexibility index (Phi) is 5.26. The summed E-state index contributed by atoms with van der Waals surface area (Å²) in [4.78, 5) is 15.9. The Labute approximate surface area is 157 Å². The summed E-state index contributed by atoms with van der Waals surface area (Å²) in [6.45, 7) is 5.95. The van der Waals surface area contributed by atoms with Gasteiger partial charge in [0.1, 0.15) is 0 Å². The van der Waals surface area contributed by atoms with Crippen molar-refractivity contribution in [3.63, 3.8) is 0 Å². The molecule has 0 spiro atoms. The van der Waals surface area contributed by atoms with E-state index in [4.69, 9.17) is 0 Å². The van der Waals surface area contributed by atoms with E-state index in [0.29, 0.717) is 5.65 Å². The Bertz CT molecular complexity index is 1100. The van der Waals surface area contributed by atoms with Gasteiger partial charge in [0.15, 0.2) is 5.65 Å². The number of carbonyl (C=O) groups is 1. The molecule has 27 heavy (non-hydrogen) atoms. The molecule has 0 aliphatic heterocycles. The third-order valence-corrected chi connectivity index (χ3v) is 4.00. The summed E-state index contributed by atoms with van der Waals surface area (Å²) < 4.78 is 1.48. The average Bonchev–Trinajstić information content (AvgIpc) is 3.13. The molecule has 0 amide bonds. The van der Waals surface area contributed by atoms with Gasteiger partial charge >= 0.3 is 5.97 Å². The van der Waals surface area contributed by atoms with Gasteiger partial charge in [-0.1, -0.05) is 44.2 Å². The topological polar surface area (TPSA) is 80.4 Å². The first-order valence-electron chi connectivity index (χ1n) is 8.75. The summed E-state index contributed by atoms with van der Waals surface area (Å²) in [5, 5.41) is 16.9. The average molecular weight is 360 g/mol. The van der Waals surface area contributed by atoms with Crippen LogP contribution in [-0.4, -0.2) is 30.7 Å². The van der Waals surface area contributed by atoms with Crippen molar-refractivity contribution in [2.75, 3.05) is 0 Å². The highest BCUT2D eigenvalue weighted by Gasteiger charge is 2.14. The SMILES string of the molecule is CC.Cc1cccc(-c2ccccc2-c2ccc3nnc(C(=O)O)n3c2)n1. The van der Waals surface area contributed by atoms with Crippen LogP contribution in [0.1, 0.15) is 30.2 Å². The van der Waals surface area contributed by atoms with E-state index in [1.807, 2.05) is 69.3 Å². The molecule has 4 aromatic rings. The van der Waals surface area contributed by atoms with Gasteiger partial charge in [-0.2, -0.15) is 0 Å². The van der Waals surface area contributed by atoms with Crippen LogP contribution in [-0.2, 0) is 0 Å². The van der Waals surface area contributed by atoms with Crippen LogP contribution in [0.2, 0.25) is 0 Å². The number of aryl methyl sites for hydroxylation is 1. The fourth-order valence-corrected chi connectivity index (χ4v) is 2.85. The molecule has 1 aromatic carbocycles. The van der Waals surface area contributed by atoms with E-state index in [1.54, 1.807) is 12.3 Å². The van der Waals surface area contributed by atoms with Crippen LogP contribution in [0.5, 0.6) is 0 Å². The third kappa shape index (κ3) is 3.55.